The van der Waals surface area contributed by atoms with Crippen LogP contribution in [0, 0.1) is 10.1 Å². The largest absolute Gasteiger partial charge is 0.335 e. The fourth-order valence-electron chi connectivity index (χ4n) is 1.31. The number of carbonyl (C=O) groups is 1. The van der Waals surface area contributed by atoms with Crippen LogP contribution in [0.4, 0.5) is 16.2 Å². The molecule has 2 rings (SSSR count). The van der Waals surface area contributed by atoms with Crippen molar-refractivity contribution < 1.29 is 9.72 Å². The third-order valence-corrected chi connectivity index (χ3v) is 2.63. The molecule has 0 aromatic heterocycles. The van der Waals surface area contributed by atoms with E-state index in [0.717, 1.165) is 12.8 Å². The van der Waals surface area contributed by atoms with Crippen molar-refractivity contribution in [3.8, 4) is 0 Å². The van der Waals surface area contributed by atoms with Gasteiger partial charge < -0.3 is 10.6 Å². The number of nitro groups is 1. The number of nitrogens with zero attached hydrogens (tertiary/aromatic N) is 1. The summed E-state index contributed by atoms with van der Waals surface area (Å²) in [6, 6.07) is 4.00. The Kier molecular flexibility index (Phi) is 3.14. The van der Waals surface area contributed by atoms with Crippen LogP contribution >= 0.6 is 11.6 Å². The Bertz CT molecular complexity index is 474. The summed E-state index contributed by atoms with van der Waals surface area (Å²) in [6.07, 6.45) is 1.96. The summed E-state index contributed by atoms with van der Waals surface area (Å²) in [4.78, 5) is 21.5. The Labute approximate surface area is 102 Å². The number of nitro benzene ring substituents is 1. The molecule has 0 spiro atoms. The van der Waals surface area contributed by atoms with Crippen LogP contribution in [0.2, 0.25) is 5.02 Å². The molecule has 90 valence electrons. The fraction of sp³-hybridized carbons (Fsp3) is 0.300. The molecule has 0 atom stereocenters. The van der Waals surface area contributed by atoms with E-state index in [9.17, 15) is 14.9 Å². The Morgan fingerprint density at radius 1 is 1.47 bits per heavy atom. The van der Waals surface area contributed by atoms with Gasteiger partial charge in [-0.25, -0.2) is 4.79 Å². The third-order valence-electron chi connectivity index (χ3n) is 2.31. The van der Waals surface area contributed by atoms with Gasteiger partial charge >= 0.3 is 6.03 Å². The molecule has 2 amide bonds. The molecule has 0 aliphatic heterocycles. The van der Waals surface area contributed by atoms with E-state index in [0.29, 0.717) is 5.69 Å². The van der Waals surface area contributed by atoms with E-state index in [-0.39, 0.29) is 22.8 Å². The zero-order valence-corrected chi connectivity index (χ0v) is 9.53. The summed E-state index contributed by atoms with van der Waals surface area (Å²) in [7, 11) is 0. The zero-order chi connectivity index (χ0) is 12.4. The molecule has 0 radical (unpaired) electrons. The fourth-order valence-corrected chi connectivity index (χ4v) is 1.50. The topological polar surface area (TPSA) is 84.3 Å². The number of amides is 2. The standard InChI is InChI=1S/C10H10ClN3O3/c11-8-4-3-7(5-9(8)14(16)17)13-10(15)12-6-1-2-6/h3-6H,1-2H2,(H2,12,13,15). The van der Waals surface area contributed by atoms with Crippen molar-refractivity contribution in [3.63, 3.8) is 0 Å². The second kappa shape index (κ2) is 4.58. The van der Waals surface area contributed by atoms with Crippen LogP contribution in [0.1, 0.15) is 12.8 Å². The summed E-state index contributed by atoms with van der Waals surface area (Å²) < 4.78 is 0. The van der Waals surface area contributed by atoms with E-state index in [4.69, 9.17) is 11.6 Å². The van der Waals surface area contributed by atoms with Crippen LogP contribution in [-0.4, -0.2) is 17.0 Å². The van der Waals surface area contributed by atoms with E-state index in [1.807, 2.05) is 0 Å². The molecule has 6 nitrogen and oxygen atoms in total. The van der Waals surface area contributed by atoms with Crippen molar-refractivity contribution in [2.45, 2.75) is 18.9 Å². The van der Waals surface area contributed by atoms with Crippen molar-refractivity contribution in [1.29, 1.82) is 0 Å². The van der Waals surface area contributed by atoms with Crippen LogP contribution < -0.4 is 10.6 Å². The molecule has 2 N–H and O–H groups in total. The van der Waals surface area contributed by atoms with Gasteiger partial charge in [0.05, 0.1) is 4.92 Å². The molecule has 1 saturated carbocycles. The maximum absolute atomic E-state index is 11.4. The molecule has 0 heterocycles. The maximum atomic E-state index is 11.4. The minimum atomic E-state index is -0.591. The van der Waals surface area contributed by atoms with Gasteiger partial charge in [0.2, 0.25) is 0 Å². The van der Waals surface area contributed by atoms with Gasteiger partial charge in [-0.2, -0.15) is 0 Å². The van der Waals surface area contributed by atoms with Crippen LogP contribution in [0.25, 0.3) is 0 Å². The first-order valence-corrected chi connectivity index (χ1v) is 5.45. The Balaban J connectivity index is 2.07. The number of carbonyl (C=O) groups excluding carboxylic acids is 1. The van der Waals surface area contributed by atoms with Gasteiger partial charge in [-0.15, -0.1) is 0 Å². The van der Waals surface area contributed by atoms with E-state index in [1.54, 1.807) is 0 Å². The predicted octanol–water partition coefficient (Wildman–Crippen LogP) is 2.53. The molecule has 0 unspecified atom stereocenters. The van der Waals surface area contributed by atoms with Gasteiger partial charge in [-0.05, 0) is 25.0 Å². The average Bonchev–Trinajstić information content (AvgIpc) is 3.04. The number of benzene rings is 1. The predicted molar refractivity (Wildman–Crippen MR) is 63.3 cm³/mol. The molecule has 1 aliphatic rings. The van der Waals surface area contributed by atoms with Crippen molar-refractivity contribution in [1.82, 2.24) is 5.32 Å². The summed E-state index contributed by atoms with van der Waals surface area (Å²) in [5, 5.41) is 15.9. The molecular weight excluding hydrogens is 246 g/mol. The van der Waals surface area contributed by atoms with Gasteiger partial charge in [0.1, 0.15) is 5.02 Å². The smallest absolute Gasteiger partial charge is 0.319 e. The van der Waals surface area contributed by atoms with E-state index in [1.165, 1.54) is 18.2 Å². The minimum Gasteiger partial charge on any atom is -0.335 e. The molecule has 0 saturated heterocycles. The molecular formula is C10H10ClN3O3. The van der Waals surface area contributed by atoms with Crippen LogP contribution in [0.5, 0.6) is 0 Å². The number of anilines is 1. The molecule has 0 bridgehead atoms. The van der Waals surface area contributed by atoms with Gasteiger partial charge in [-0.3, -0.25) is 10.1 Å². The van der Waals surface area contributed by atoms with E-state index >= 15 is 0 Å². The second-order valence-corrected chi connectivity index (χ2v) is 4.20. The lowest BCUT2D eigenvalue weighted by atomic mass is 10.3. The normalized spacial score (nSPS) is 14.2. The molecule has 1 fully saturated rings. The maximum Gasteiger partial charge on any atom is 0.319 e. The summed E-state index contributed by atoms with van der Waals surface area (Å²) in [5.74, 6) is 0. The number of halogens is 1. The van der Waals surface area contributed by atoms with Gasteiger partial charge in [0.15, 0.2) is 0 Å². The van der Waals surface area contributed by atoms with Crippen LogP contribution in [0.3, 0.4) is 0 Å². The van der Waals surface area contributed by atoms with Gasteiger partial charge in [-0.1, -0.05) is 11.6 Å². The lowest BCUT2D eigenvalue weighted by molar-refractivity contribution is -0.384. The zero-order valence-electron chi connectivity index (χ0n) is 8.77. The molecule has 17 heavy (non-hydrogen) atoms. The highest BCUT2D eigenvalue weighted by Crippen LogP contribution is 2.27. The highest BCUT2D eigenvalue weighted by atomic mass is 35.5. The Hall–Kier alpha value is -1.82. The molecule has 1 aromatic rings. The highest BCUT2D eigenvalue weighted by Gasteiger charge is 2.23. The first-order chi connectivity index (χ1) is 8.06. The molecule has 1 aliphatic carbocycles. The van der Waals surface area contributed by atoms with Crippen LogP contribution in [0.15, 0.2) is 18.2 Å². The number of hydrogen-bond acceptors (Lipinski definition) is 3. The van der Waals surface area contributed by atoms with E-state index < -0.39 is 4.92 Å². The van der Waals surface area contributed by atoms with Crippen LogP contribution in [-0.2, 0) is 0 Å². The Morgan fingerprint density at radius 3 is 2.76 bits per heavy atom. The lowest BCUT2D eigenvalue weighted by Crippen LogP contribution is -2.30. The van der Waals surface area contributed by atoms with E-state index in [2.05, 4.69) is 10.6 Å². The average molecular weight is 256 g/mol. The second-order valence-electron chi connectivity index (χ2n) is 3.80. The first-order valence-electron chi connectivity index (χ1n) is 5.08. The van der Waals surface area contributed by atoms with Gasteiger partial charge in [0, 0.05) is 17.8 Å². The summed E-state index contributed by atoms with van der Waals surface area (Å²) >= 11 is 5.65. The Morgan fingerprint density at radius 2 is 2.18 bits per heavy atom. The van der Waals surface area contributed by atoms with Crippen molar-refractivity contribution in [2.75, 3.05) is 5.32 Å². The molecule has 1 aromatic carbocycles. The summed E-state index contributed by atoms with van der Waals surface area (Å²) in [5.41, 5.74) is 0.120. The van der Waals surface area contributed by atoms with Crippen molar-refractivity contribution in [3.05, 3.63) is 33.3 Å². The number of nitrogens with one attached hydrogen (secondary N) is 2. The van der Waals surface area contributed by atoms with Crippen molar-refractivity contribution in [2.24, 2.45) is 0 Å². The summed E-state index contributed by atoms with van der Waals surface area (Å²) in [6.45, 7) is 0. The monoisotopic (exact) mass is 255 g/mol. The third kappa shape index (κ3) is 3.07. The molecule has 7 heteroatoms. The SMILES string of the molecule is O=C(Nc1ccc(Cl)c([N+](=O)[O-])c1)NC1CC1. The first kappa shape index (κ1) is 11.7. The number of hydrogen-bond donors (Lipinski definition) is 2. The number of urea groups is 1. The minimum absolute atomic E-state index is 0.0446. The lowest BCUT2D eigenvalue weighted by Gasteiger charge is -2.06. The van der Waals surface area contributed by atoms with Gasteiger partial charge in [0.25, 0.3) is 5.69 Å². The number of rotatable bonds is 3. The highest BCUT2D eigenvalue weighted by molar-refractivity contribution is 6.32. The van der Waals surface area contributed by atoms with Crippen molar-refractivity contribution >= 4 is 29.0 Å². The quantitative estimate of drug-likeness (QED) is 0.643.